The van der Waals surface area contributed by atoms with Crippen LogP contribution < -0.4 is 10.4 Å². The van der Waals surface area contributed by atoms with E-state index in [4.69, 9.17) is 4.74 Å². The van der Waals surface area contributed by atoms with Crippen molar-refractivity contribution in [3.8, 4) is 11.1 Å². The van der Waals surface area contributed by atoms with Crippen LogP contribution in [-0.2, 0) is 4.74 Å². The Bertz CT molecular complexity index is 785. The van der Waals surface area contributed by atoms with E-state index in [1.165, 1.54) is 32.7 Å². The molecule has 80 valence electrons. The molecule has 0 radical (unpaired) electrons. The van der Waals surface area contributed by atoms with Gasteiger partial charge in [0.25, 0.3) is 0 Å². The lowest BCUT2D eigenvalue weighted by atomic mass is 9.98. The Kier molecular flexibility index (Phi) is 1.22. The maximum atomic E-state index is 5.76. The van der Waals surface area contributed by atoms with Crippen LogP contribution >= 0.6 is 0 Å². The monoisotopic (exact) mass is 218 g/mol. The maximum Gasteiger partial charge on any atom is 0.114 e. The average Bonchev–Trinajstić information content (AvgIpc) is 3.06. The van der Waals surface area contributed by atoms with Gasteiger partial charge in [0.05, 0.1) is 0 Å². The van der Waals surface area contributed by atoms with Crippen LogP contribution in [0, 0.1) is 0 Å². The van der Waals surface area contributed by atoms with Gasteiger partial charge in [-0.25, -0.2) is 0 Å². The maximum absolute atomic E-state index is 5.76. The molecule has 1 aliphatic heterocycles. The molecule has 1 heteroatoms. The van der Waals surface area contributed by atoms with Crippen molar-refractivity contribution in [2.24, 2.45) is 0 Å². The fourth-order valence-corrected chi connectivity index (χ4v) is 3.28. The van der Waals surface area contributed by atoms with E-state index in [0.717, 1.165) is 0 Å². The van der Waals surface area contributed by atoms with Crippen molar-refractivity contribution in [2.45, 2.75) is 12.2 Å². The molecule has 2 aromatic carbocycles. The molecule has 2 aliphatic carbocycles. The Morgan fingerprint density at radius 3 is 2.59 bits per heavy atom. The summed E-state index contributed by atoms with van der Waals surface area (Å²) >= 11 is 0. The lowest BCUT2D eigenvalue weighted by Crippen LogP contribution is -2.31. The zero-order chi connectivity index (χ0) is 11.0. The normalized spacial score (nSPS) is 25.8. The highest BCUT2D eigenvalue weighted by Crippen LogP contribution is 2.42. The van der Waals surface area contributed by atoms with E-state index in [-0.39, 0.29) is 0 Å². The van der Waals surface area contributed by atoms with Gasteiger partial charge >= 0.3 is 0 Å². The molecule has 17 heavy (non-hydrogen) atoms. The van der Waals surface area contributed by atoms with E-state index in [9.17, 15) is 0 Å². The highest BCUT2D eigenvalue weighted by molar-refractivity contribution is 5.93. The number of epoxide rings is 1. The van der Waals surface area contributed by atoms with Crippen molar-refractivity contribution >= 4 is 11.6 Å². The van der Waals surface area contributed by atoms with Gasteiger partial charge in [-0.05, 0) is 33.2 Å². The summed E-state index contributed by atoms with van der Waals surface area (Å²) < 4.78 is 5.76. The number of hydrogen-bond acceptors (Lipinski definition) is 1. The smallest absolute Gasteiger partial charge is 0.114 e. The van der Waals surface area contributed by atoms with E-state index >= 15 is 0 Å². The summed E-state index contributed by atoms with van der Waals surface area (Å²) in [6.45, 7) is 0. The summed E-state index contributed by atoms with van der Waals surface area (Å²) in [7, 11) is 0. The lowest BCUT2D eigenvalue weighted by Gasteiger charge is -2.03. The second-order valence-electron chi connectivity index (χ2n) is 4.92. The Morgan fingerprint density at radius 2 is 1.65 bits per heavy atom. The van der Waals surface area contributed by atoms with E-state index in [1.807, 2.05) is 0 Å². The third-order valence-corrected chi connectivity index (χ3v) is 4.03. The molecule has 3 aliphatic rings. The summed E-state index contributed by atoms with van der Waals surface area (Å²) in [4.78, 5) is 0. The van der Waals surface area contributed by atoms with Crippen LogP contribution in [0.25, 0.3) is 22.8 Å². The highest BCUT2D eigenvalue weighted by Gasteiger charge is 2.45. The van der Waals surface area contributed by atoms with Crippen molar-refractivity contribution in [2.75, 3.05) is 0 Å². The van der Waals surface area contributed by atoms with Crippen LogP contribution in [0.1, 0.15) is 5.56 Å². The SMILES string of the molecule is C1=c2cccc3c2=C(c2ccccc2-3)C2OC12. The largest absolute Gasteiger partial charge is 0.360 e. The molecule has 0 amide bonds. The Balaban J connectivity index is 2.08. The number of benzene rings is 2. The van der Waals surface area contributed by atoms with Gasteiger partial charge in [0.15, 0.2) is 0 Å². The molecule has 0 aromatic heterocycles. The Morgan fingerprint density at radius 1 is 0.824 bits per heavy atom. The van der Waals surface area contributed by atoms with E-state index in [0.29, 0.717) is 12.2 Å². The van der Waals surface area contributed by atoms with Crippen molar-refractivity contribution in [3.05, 3.63) is 58.5 Å². The fraction of sp³-hybridized carbons (Fsp3) is 0.125. The Hall–Kier alpha value is -1.86. The highest BCUT2D eigenvalue weighted by atomic mass is 16.6. The molecule has 1 saturated heterocycles. The molecule has 0 saturated carbocycles. The topological polar surface area (TPSA) is 12.5 Å². The minimum atomic E-state index is 0.312. The third kappa shape index (κ3) is 0.863. The molecule has 1 heterocycles. The van der Waals surface area contributed by atoms with Gasteiger partial charge in [-0.2, -0.15) is 0 Å². The van der Waals surface area contributed by atoms with Gasteiger partial charge < -0.3 is 4.74 Å². The molecular weight excluding hydrogens is 208 g/mol. The second-order valence-corrected chi connectivity index (χ2v) is 4.92. The minimum Gasteiger partial charge on any atom is -0.360 e. The van der Waals surface area contributed by atoms with Crippen molar-refractivity contribution < 1.29 is 4.74 Å². The summed E-state index contributed by atoms with van der Waals surface area (Å²) in [5.74, 6) is 0. The second kappa shape index (κ2) is 2.52. The first-order chi connectivity index (χ1) is 8.43. The molecule has 2 unspecified atom stereocenters. The molecule has 1 nitrogen and oxygen atoms in total. The van der Waals surface area contributed by atoms with Crippen LogP contribution in [0.3, 0.4) is 0 Å². The molecule has 5 rings (SSSR count). The van der Waals surface area contributed by atoms with Gasteiger partial charge in [-0.15, -0.1) is 0 Å². The Labute approximate surface area is 98.7 Å². The summed E-state index contributed by atoms with van der Waals surface area (Å²) in [6.07, 6.45) is 2.89. The molecule has 2 aromatic rings. The molecule has 0 N–H and O–H groups in total. The lowest BCUT2D eigenvalue weighted by molar-refractivity contribution is 0.424. The van der Waals surface area contributed by atoms with Crippen LogP contribution in [0.2, 0.25) is 0 Å². The van der Waals surface area contributed by atoms with Gasteiger partial charge in [-0.1, -0.05) is 42.5 Å². The van der Waals surface area contributed by atoms with Gasteiger partial charge in [0.2, 0.25) is 0 Å². The fourth-order valence-electron chi connectivity index (χ4n) is 3.28. The molecule has 0 spiro atoms. The average molecular weight is 218 g/mol. The first-order valence-electron chi connectivity index (χ1n) is 6.04. The number of ether oxygens (including phenoxy) is 1. The zero-order valence-corrected chi connectivity index (χ0v) is 9.18. The van der Waals surface area contributed by atoms with Gasteiger partial charge in [-0.3, -0.25) is 0 Å². The molecule has 1 fully saturated rings. The summed E-state index contributed by atoms with van der Waals surface area (Å²) in [5.41, 5.74) is 5.52. The third-order valence-electron chi connectivity index (χ3n) is 4.03. The van der Waals surface area contributed by atoms with Crippen molar-refractivity contribution in [3.63, 3.8) is 0 Å². The van der Waals surface area contributed by atoms with Crippen LogP contribution in [0.4, 0.5) is 0 Å². The zero-order valence-electron chi connectivity index (χ0n) is 9.18. The van der Waals surface area contributed by atoms with E-state index < -0.39 is 0 Å². The number of hydrogen-bond donors (Lipinski definition) is 0. The predicted molar refractivity (Wildman–Crippen MR) is 66.8 cm³/mol. The van der Waals surface area contributed by atoms with Crippen LogP contribution in [0.5, 0.6) is 0 Å². The predicted octanol–water partition coefficient (Wildman–Crippen LogP) is 1.43. The number of fused-ring (bicyclic) bond motifs is 5. The van der Waals surface area contributed by atoms with Crippen LogP contribution in [-0.4, -0.2) is 12.2 Å². The standard InChI is InChI=1S/C16H10O/c1-2-6-12-10(5-1)11-7-3-4-9-8-13-16(17-13)15(12)14(9)11/h1-8,13,16H. The molecule has 2 atom stereocenters. The van der Waals surface area contributed by atoms with Gasteiger partial charge in [0.1, 0.15) is 12.2 Å². The van der Waals surface area contributed by atoms with E-state index in [1.54, 1.807) is 0 Å². The summed E-state index contributed by atoms with van der Waals surface area (Å²) in [5, 5.41) is 2.75. The van der Waals surface area contributed by atoms with Crippen LogP contribution in [0.15, 0.2) is 42.5 Å². The first kappa shape index (κ1) is 8.26. The van der Waals surface area contributed by atoms with E-state index in [2.05, 4.69) is 48.5 Å². The number of rotatable bonds is 0. The summed E-state index contributed by atoms with van der Waals surface area (Å²) in [6, 6.07) is 15.2. The van der Waals surface area contributed by atoms with Gasteiger partial charge in [0, 0.05) is 5.57 Å². The first-order valence-corrected chi connectivity index (χ1v) is 6.04. The molecule has 0 bridgehead atoms. The van der Waals surface area contributed by atoms with Crippen molar-refractivity contribution in [1.29, 1.82) is 0 Å². The quantitative estimate of drug-likeness (QED) is 0.609. The minimum absolute atomic E-state index is 0.312. The molecular formula is C16H10O. The van der Waals surface area contributed by atoms with Crippen molar-refractivity contribution in [1.82, 2.24) is 0 Å².